The van der Waals surface area contributed by atoms with Crippen LogP contribution in [0.3, 0.4) is 0 Å². The van der Waals surface area contributed by atoms with Crippen molar-refractivity contribution in [2.45, 2.75) is 108 Å². The minimum Gasteiger partial charge on any atom is -0.463 e. The summed E-state index contributed by atoms with van der Waals surface area (Å²) in [6, 6.07) is 15.4. The van der Waals surface area contributed by atoms with Gasteiger partial charge in [0.25, 0.3) is 0 Å². The Bertz CT molecular complexity index is 1800. The first-order valence-electron chi connectivity index (χ1n) is 18.0. The van der Waals surface area contributed by atoms with Crippen LogP contribution in [0, 0.1) is 5.92 Å². The van der Waals surface area contributed by atoms with Crippen LogP contribution in [0.1, 0.15) is 75.7 Å². The molecule has 0 bridgehead atoms. The van der Waals surface area contributed by atoms with E-state index in [-0.39, 0.29) is 37.8 Å². The Morgan fingerprint density at radius 3 is 2.00 bits per heavy atom. The van der Waals surface area contributed by atoms with E-state index in [4.69, 9.17) is 45.4 Å². The maximum absolute atomic E-state index is 12.2. The van der Waals surface area contributed by atoms with Crippen LogP contribution < -0.4 is 5.32 Å². The van der Waals surface area contributed by atoms with Gasteiger partial charge in [-0.05, 0) is 16.7 Å². The molecule has 2 fully saturated rings. The second-order valence-corrected chi connectivity index (χ2v) is 14.9. The molecular weight excluding hydrogens is 769 g/mol. The summed E-state index contributed by atoms with van der Waals surface area (Å²) in [4.78, 5) is 52.6. The Balaban J connectivity index is 1.27. The van der Waals surface area contributed by atoms with Gasteiger partial charge >= 0.3 is 23.9 Å². The summed E-state index contributed by atoms with van der Waals surface area (Å²) < 4.78 is 41.0. The largest absolute Gasteiger partial charge is 0.463 e. The second-order valence-electron chi connectivity index (χ2n) is 13.4. The highest BCUT2D eigenvalue weighted by Crippen LogP contribution is 2.43. The SMILES string of the molecule is CC(=O)OC[C@H]1O[C@@H](CC(=S)NCc2ccc(C3O[C@H](CSc4ncn[nH]4)[C@H](C)[C@H](c4ccc(CO)cc4)O3)cc2)[C@H](OC(C)=O)[C@@H](OC(C)=O)[C@@H]1OC(C)=O. The fourth-order valence-electron chi connectivity index (χ4n) is 6.47. The molecule has 3 heterocycles. The number of esters is 4. The van der Waals surface area contributed by atoms with Crippen LogP contribution in [-0.2, 0) is 65.5 Å². The Kier molecular flexibility index (Phi) is 15.3. The van der Waals surface area contributed by atoms with Gasteiger partial charge in [0.05, 0.1) is 23.8 Å². The fourth-order valence-corrected chi connectivity index (χ4v) is 7.64. The molecule has 56 heavy (non-hydrogen) atoms. The van der Waals surface area contributed by atoms with E-state index < -0.39 is 60.7 Å². The summed E-state index contributed by atoms with van der Waals surface area (Å²) in [6.07, 6.45) is -5.43. The van der Waals surface area contributed by atoms with Gasteiger partial charge in [0.1, 0.15) is 25.1 Å². The van der Waals surface area contributed by atoms with Crippen LogP contribution in [0.15, 0.2) is 60.0 Å². The molecule has 0 spiro atoms. The smallest absolute Gasteiger partial charge is 0.303 e. The van der Waals surface area contributed by atoms with Crippen LogP contribution in [-0.4, -0.2) is 98.1 Å². The summed E-state index contributed by atoms with van der Waals surface area (Å²) in [6.45, 7) is 6.76. The molecule has 16 nitrogen and oxygen atoms in total. The lowest BCUT2D eigenvalue weighted by atomic mass is 9.91. The molecule has 0 aliphatic carbocycles. The summed E-state index contributed by atoms with van der Waals surface area (Å²) >= 11 is 7.19. The topological polar surface area (TPSA) is 207 Å². The molecule has 1 unspecified atom stereocenters. The normalized spacial score (nSPS) is 26.1. The maximum Gasteiger partial charge on any atom is 0.303 e. The minimum atomic E-state index is -1.28. The molecule has 3 N–H and O–H groups in total. The first-order valence-corrected chi connectivity index (χ1v) is 19.3. The highest BCUT2D eigenvalue weighted by atomic mass is 32.2. The van der Waals surface area contributed by atoms with Crippen molar-refractivity contribution in [2.75, 3.05) is 12.4 Å². The van der Waals surface area contributed by atoms with Crippen LogP contribution in [0.2, 0.25) is 0 Å². The van der Waals surface area contributed by atoms with Gasteiger partial charge in [0.15, 0.2) is 29.8 Å². The zero-order valence-corrected chi connectivity index (χ0v) is 33.2. The fraction of sp³-hybridized carbons (Fsp3) is 0.500. The number of thioether (sulfide) groups is 1. The highest BCUT2D eigenvalue weighted by molar-refractivity contribution is 7.99. The van der Waals surface area contributed by atoms with E-state index in [1.54, 1.807) is 0 Å². The second kappa shape index (κ2) is 20.1. The van der Waals surface area contributed by atoms with Gasteiger partial charge in [-0.15, -0.1) is 0 Å². The van der Waals surface area contributed by atoms with Crippen LogP contribution in [0.4, 0.5) is 0 Å². The van der Waals surface area contributed by atoms with Crippen molar-refractivity contribution in [2.24, 2.45) is 5.92 Å². The number of thiocarbonyl (C=S) groups is 1. The van der Waals surface area contributed by atoms with E-state index >= 15 is 0 Å². The third-order valence-corrected chi connectivity index (χ3v) is 10.4. The zero-order valence-electron chi connectivity index (χ0n) is 31.6. The average Bonchev–Trinajstić information content (AvgIpc) is 3.69. The number of rotatable bonds is 15. The van der Waals surface area contributed by atoms with Gasteiger partial charge in [0, 0.05) is 57.9 Å². The van der Waals surface area contributed by atoms with E-state index in [1.807, 2.05) is 48.5 Å². The van der Waals surface area contributed by atoms with Gasteiger partial charge < -0.3 is 43.6 Å². The Morgan fingerprint density at radius 1 is 0.804 bits per heavy atom. The van der Waals surface area contributed by atoms with Crippen LogP contribution >= 0.6 is 24.0 Å². The maximum atomic E-state index is 12.2. The summed E-state index contributed by atoms with van der Waals surface area (Å²) in [7, 11) is 0. The van der Waals surface area contributed by atoms with Gasteiger partial charge in [-0.1, -0.05) is 79.4 Å². The van der Waals surface area contributed by atoms with Crippen molar-refractivity contribution < 1.29 is 57.4 Å². The van der Waals surface area contributed by atoms with Gasteiger partial charge in [0.2, 0.25) is 0 Å². The quantitative estimate of drug-likeness (QED) is 0.0863. The number of benzene rings is 2. The average molecular weight is 815 g/mol. The molecule has 18 heteroatoms. The van der Waals surface area contributed by atoms with Crippen molar-refractivity contribution in [1.82, 2.24) is 20.5 Å². The molecule has 0 radical (unpaired) electrons. The van der Waals surface area contributed by atoms with Crippen LogP contribution in [0.25, 0.3) is 0 Å². The van der Waals surface area contributed by atoms with Crippen molar-refractivity contribution in [1.29, 1.82) is 0 Å². The van der Waals surface area contributed by atoms with Crippen molar-refractivity contribution >= 4 is 52.8 Å². The zero-order chi connectivity index (χ0) is 40.4. The number of nitrogens with zero attached hydrogens (tertiary/aromatic N) is 2. The monoisotopic (exact) mass is 814 g/mol. The van der Waals surface area contributed by atoms with E-state index in [1.165, 1.54) is 38.9 Å². The predicted octanol–water partition coefficient (Wildman–Crippen LogP) is 3.81. The molecule has 9 atom stereocenters. The van der Waals surface area contributed by atoms with E-state index in [9.17, 15) is 24.3 Å². The van der Waals surface area contributed by atoms with Gasteiger partial charge in [-0.2, -0.15) is 5.10 Å². The molecule has 302 valence electrons. The molecule has 0 saturated carbocycles. The number of nitrogens with one attached hydrogen (secondary N) is 2. The number of carbonyl (C=O) groups is 4. The lowest BCUT2D eigenvalue weighted by molar-refractivity contribution is -0.268. The molecule has 2 aliphatic rings. The molecular formula is C38H46N4O12S2. The summed E-state index contributed by atoms with van der Waals surface area (Å²) in [5.41, 5.74) is 3.48. The molecule has 5 rings (SSSR count). The Morgan fingerprint density at radius 2 is 1.41 bits per heavy atom. The number of aromatic nitrogens is 3. The standard InChI is InChI=1S/C38H46N4O12S2/c1-20-31(18-56-38-40-19-41-42-38)53-37(54-33(20)27-10-8-26(16-43)9-11-27)28-12-6-25(7-13-28)15-39-32(55)14-29-34(49-22(3)45)36(51-24(5)47)35(50-23(4)46)30(52-29)17-48-21(2)44/h6-13,19-20,29-31,33-37,43H,14-18H2,1-5H3,(H,39,55)(H,40,41,42)/t20-,29-,30+,31+,33+,34-,35+,36+,37?/m0/s1. The molecule has 2 aliphatic heterocycles. The highest BCUT2D eigenvalue weighted by Gasteiger charge is 2.52. The predicted molar refractivity (Wildman–Crippen MR) is 203 cm³/mol. The summed E-state index contributed by atoms with van der Waals surface area (Å²) in [5, 5.41) is 20.3. The minimum absolute atomic E-state index is 0.00601. The van der Waals surface area contributed by atoms with Gasteiger partial charge in [-0.25, -0.2) is 4.98 Å². The summed E-state index contributed by atoms with van der Waals surface area (Å²) in [5.74, 6) is -2.11. The number of carbonyl (C=O) groups excluding carboxylic acids is 4. The molecule has 2 saturated heterocycles. The first kappa shape index (κ1) is 42.7. The first-order chi connectivity index (χ1) is 26.8. The number of aliphatic hydroxyl groups is 1. The molecule has 1 aromatic heterocycles. The van der Waals surface area contributed by atoms with E-state index in [0.717, 1.165) is 29.2 Å². The van der Waals surface area contributed by atoms with E-state index in [0.29, 0.717) is 22.4 Å². The number of hydrogen-bond acceptors (Lipinski definition) is 16. The lowest BCUT2D eigenvalue weighted by Crippen LogP contribution is -2.62. The number of aliphatic hydroxyl groups excluding tert-OH is 1. The van der Waals surface area contributed by atoms with Crippen molar-refractivity contribution in [3.63, 3.8) is 0 Å². The third-order valence-electron chi connectivity index (χ3n) is 9.12. The van der Waals surface area contributed by atoms with Crippen LogP contribution in [0.5, 0.6) is 0 Å². The molecule has 3 aromatic rings. The van der Waals surface area contributed by atoms with Gasteiger partial charge in [-0.3, -0.25) is 24.3 Å². The Labute approximate surface area is 333 Å². The number of H-pyrrole nitrogens is 1. The molecule has 0 amide bonds. The lowest BCUT2D eigenvalue weighted by Gasteiger charge is -2.44. The van der Waals surface area contributed by atoms with Crippen molar-refractivity contribution in [3.8, 4) is 0 Å². The van der Waals surface area contributed by atoms with Crippen molar-refractivity contribution in [3.05, 3.63) is 77.1 Å². The number of aromatic amines is 1. The number of ether oxygens (including phenoxy) is 7. The van der Waals surface area contributed by atoms with E-state index in [2.05, 4.69) is 27.4 Å². The molecule has 2 aromatic carbocycles. The Hall–Kier alpha value is -4.46. The third kappa shape index (κ3) is 11.8. The number of hydrogen-bond donors (Lipinski definition) is 3.